The third kappa shape index (κ3) is 3.37. The fraction of sp³-hybridized carbons (Fsp3) is 0.375. The average Bonchev–Trinajstić information content (AvgIpc) is 2.13. The van der Waals surface area contributed by atoms with E-state index in [4.69, 9.17) is 5.11 Å². The highest BCUT2D eigenvalue weighted by Gasteiger charge is 2.41. The molecule has 0 radical (unpaired) electrons. The quantitative estimate of drug-likeness (QED) is 0.845. The molecule has 0 atom stereocenters. The minimum Gasteiger partial charge on any atom is -0.506 e. The molecular weight excluding hydrogens is 275 g/mol. The first-order chi connectivity index (χ1) is 8.04. The SMILES string of the molecule is Oc1cc(OC(F)(F)F)c(C(F)(F)F)nc1CF. The Kier molecular flexibility index (Phi) is 3.58. The topological polar surface area (TPSA) is 42.4 Å². The van der Waals surface area contributed by atoms with E-state index >= 15 is 0 Å². The van der Waals surface area contributed by atoms with Crippen molar-refractivity contribution in [1.82, 2.24) is 4.98 Å². The molecule has 0 bridgehead atoms. The summed E-state index contributed by atoms with van der Waals surface area (Å²) in [5.41, 5.74) is -3.10. The first-order valence-electron chi connectivity index (χ1n) is 4.16. The van der Waals surface area contributed by atoms with Crippen LogP contribution in [0, 0.1) is 0 Å². The number of hydrogen-bond acceptors (Lipinski definition) is 3. The first kappa shape index (κ1) is 14.3. The lowest BCUT2D eigenvalue weighted by molar-refractivity contribution is -0.276. The molecule has 0 saturated carbocycles. The molecule has 1 heterocycles. The zero-order valence-electron chi connectivity index (χ0n) is 8.23. The van der Waals surface area contributed by atoms with Gasteiger partial charge in [-0.3, -0.25) is 0 Å². The Morgan fingerprint density at radius 3 is 2.11 bits per heavy atom. The van der Waals surface area contributed by atoms with E-state index in [9.17, 15) is 30.7 Å². The van der Waals surface area contributed by atoms with Crippen LogP contribution in [0.2, 0.25) is 0 Å². The lowest BCUT2D eigenvalue weighted by Crippen LogP contribution is -2.21. The molecule has 1 aromatic heterocycles. The lowest BCUT2D eigenvalue weighted by Gasteiger charge is -2.15. The predicted octanol–water partition coefficient (Wildman–Crippen LogP) is 3.17. The van der Waals surface area contributed by atoms with Gasteiger partial charge in [0.15, 0.2) is 11.4 Å². The van der Waals surface area contributed by atoms with Gasteiger partial charge < -0.3 is 9.84 Å². The highest BCUT2D eigenvalue weighted by atomic mass is 19.4. The molecular formula is C8H4F7NO2. The fourth-order valence-electron chi connectivity index (χ4n) is 1.03. The Morgan fingerprint density at radius 2 is 1.72 bits per heavy atom. The van der Waals surface area contributed by atoms with Crippen LogP contribution in [0.15, 0.2) is 6.07 Å². The molecule has 0 fully saturated rings. The van der Waals surface area contributed by atoms with Crippen LogP contribution in [0.1, 0.15) is 11.4 Å². The minimum absolute atomic E-state index is 0.0121. The van der Waals surface area contributed by atoms with Crippen LogP contribution in [0.5, 0.6) is 11.5 Å². The smallest absolute Gasteiger partial charge is 0.506 e. The van der Waals surface area contributed by atoms with Gasteiger partial charge >= 0.3 is 12.5 Å². The van der Waals surface area contributed by atoms with Gasteiger partial charge in [0.1, 0.15) is 18.1 Å². The molecule has 102 valence electrons. The van der Waals surface area contributed by atoms with E-state index in [2.05, 4.69) is 9.72 Å². The maximum absolute atomic E-state index is 12.4. The highest BCUT2D eigenvalue weighted by Crippen LogP contribution is 2.39. The molecule has 18 heavy (non-hydrogen) atoms. The van der Waals surface area contributed by atoms with Crippen molar-refractivity contribution in [2.45, 2.75) is 19.2 Å². The van der Waals surface area contributed by atoms with Crippen molar-refractivity contribution in [2.75, 3.05) is 0 Å². The average molecular weight is 279 g/mol. The molecule has 0 aliphatic carbocycles. The number of aromatic nitrogens is 1. The Hall–Kier alpha value is -1.74. The third-order valence-corrected chi connectivity index (χ3v) is 1.66. The molecule has 0 unspecified atom stereocenters. The Bertz CT molecular complexity index is 440. The van der Waals surface area contributed by atoms with E-state index in [0.717, 1.165) is 0 Å². The Balaban J connectivity index is 3.35. The number of nitrogens with zero attached hydrogens (tertiary/aromatic N) is 1. The van der Waals surface area contributed by atoms with Crippen LogP contribution in [0.3, 0.4) is 0 Å². The number of halogens is 7. The standard InChI is InChI=1S/C8H4F7NO2/c9-2-3-4(17)1-5(18-8(13,14)15)6(16-3)7(10,11)12/h1,17H,2H2. The van der Waals surface area contributed by atoms with Gasteiger partial charge in [-0.25, -0.2) is 9.37 Å². The van der Waals surface area contributed by atoms with Crippen LogP contribution in [-0.4, -0.2) is 16.5 Å². The van der Waals surface area contributed by atoms with E-state index in [1.807, 2.05) is 0 Å². The molecule has 0 aromatic carbocycles. The predicted molar refractivity (Wildman–Crippen MR) is 42.4 cm³/mol. The molecule has 0 aliphatic heterocycles. The van der Waals surface area contributed by atoms with Crippen molar-refractivity contribution >= 4 is 0 Å². The summed E-state index contributed by atoms with van der Waals surface area (Å²) < 4.78 is 87.9. The lowest BCUT2D eigenvalue weighted by atomic mass is 10.2. The van der Waals surface area contributed by atoms with E-state index in [1.165, 1.54) is 0 Å². The van der Waals surface area contributed by atoms with Crippen molar-refractivity contribution in [3.05, 3.63) is 17.5 Å². The number of rotatable bonds is 2. The van der Waals surface area contributed by atoms with Crippen LogP contribution in [-0.2, 0) is 12.9 Å². The first-order valence-corrected chi connectivity index (χ1v) is 4.16. The summed E-state index contributed by atoms with van der Waals surface area (Å²) in [6, 6.07) is 0.0121. The maximum atomic E-state index is 12.4. The number of ether oxygens (including phenoxy) is 1. The molecule has 1 rings (SSSR count). The van der Waals surface area contributed by atoms with Crippen LogP contribution < -0.4 is 4.74 Å². The van der Waals surface area contributed by atoms with E-state index in [1.54, 1.807) is 0 Å². The molecule has 0 saturated heterocycles. The monoisotopic (exact) mass is 279 g/mol. The van der Waals surface area contributed by atoms with Gasteiger partial charge in [0.25, 0.3) is 0 Å². The highest BCUT2D eigenvalue weighted by molar-refractivity contribution is 5.40. The fourth-order valence-corrected chi connectivity index (χ4v) is 1.03. The van der Waals surface area contributed by atoms with E-state index < -0.39 is 42.1 Å². The largest absolute Gasteiger partial charge is 0.573 e. The number of alkyl halides is 7. The second-order valence-corrected chi connectivity index (χ2v) is 2.98. The van der Waals surface area contributed by atoms with Crippen molar-refractivity contribution < 1.29 is 40.6 Å². The summed E-state index contributed by atoms with van der Waals surface area (Å²) in [6.07, 6.45) is -10.7. The second-order valence-electron chi connectivity index (χ2n) is 2.98. The molecule has 0 spiro atoms. The van der Waals surface area contributed by atoms with Gasteiger partial charge in [-0.2, -0.15) is 13.2 Å². The zero-order valence-corrected chi connectivity index (χ0v) is 8.23. The Morgan fingerprint density at radius 1 is 1.17 bits per heavy atom. The number of aromatic hydroxyl groups is 1. The third-order valence-electron chi connectivity index (χ3n) is 1.66. The summed E-state index contributed by atoms with van der Waals surface area (Å²) in [5, 5.41) is 8.96. The van der Waals surface area contributed by atoms with E-state index in [0.29, 0.717) is 0 Å². The molecule has 10 heteroatoms. The maximum Gasteiger partial charge on any atom is 0.573 e. The summed E-state index contributed by atoms with van der Waals surface area (Å²) in [6.45, 7) is -1.57. The summed E-state index contributed by atoms with van der Waals surface area (Å²) >= 11 is 0. The van der Waals surface area contributed by atoms with Gasteiger partial charge in [0.05, 0.1) is 0 Å². The summed E-state index contributed by atoms with van der Waals surface area (Å²) in [4.78, 5) is 2.57. The van der Waals surface area contributed by atoms with Crippen LogP contribution >= 0.6 is 0 Å². The second kappa shape index (κ2) is 4.50. The summed E-state index contributed by atoms with van der Waals surface area (Å²) in [7, 11) is 0. The number of hydrogen-bond donors (Lipinski definition) is 1. The molecule has 0 amide bonds. The van der Waals surface area contributed by atoms with E-state index in [-0.39, 0.29) is 6.07 Å². The van der Waals surface area contributed by atoms with Crippen LogP contribution in [0.25, 0.3) is 0 Å². The Labute approximate surface area is 94.8 Å². The van der Waals surface area contributed by atoms with Gasteiger partial charge in [-0.15, -0.1) is 13.2 Å². The molecule has 1 N–H and O–H groups in total. The summed E-state index contributed by atoms with van der Waals surface area (Å²) in [5.74, 6) is -2.91. The normalized spacial score (nSPS) is 12.6. The van der Waals surface area contributed by atoms with Gasteiger partial charge in [-0.05, 0) is 0 Å². The molecule has 3 nitrogen and oxygen atoms in total. The van der Waals surface area contributed by atoms with Crippen LogP contribution in [0.4, 0.5) is 30.7 Å². The molecule has 0 aliphatic rings. The van der Waals surface area contributed by atoms with Gasteiger partial charge in [0.2, 0.25) is 0 Å². The van der Waals surface area contributed by atoms with Crippen molar-refractivity contribution in [3.63, 3.8) is 0 Å². The van der Waals surface area contributed by atoms with Crippen molar-refractivity contribution in [2.24, 2.45) is 0 Å². The van der Waals surface area contributed by atoms with Crippen molar-refractivity contribution in [3.8, 4) is 11.5 Å². The molecule has 1 aromatic rings. The number of pyridine rings is 1. The minimum atomic E-state index is -5.40. The van der Waals surface area contributed by atoms with Crippen molar-refractivity contribution in [1.29, 1.82) is 0 Å². The van der Waals surface area contributed by atoms with Gasteiger partial charge in [0, 0.05) is 6.07 Å². The van der Waals surface area contributed by atoms with Gasteiger partial charge in [-0.1, -0.05) is 0 Å². The zero-order chi connectivity index (χ0) is 14.1.